The summed E-state index contributed by atoms with van der Waals surface area (Å²) in [6.45, 7) is 2.69. The first-order valence-corrected chi connectivity index (χ1v) is 9.54. The van der Waals surface area contributed by atoms with E-state index >= 15 is 0 Å². The maximum atomic E-state index is 12.3. The lowest BCUT2D eigenvalue weighted by molar-refractivity contribution is -0.137. The third-order valence-corrected chi connectivity index (χ3v) is 5.82. The van der Waals surface area contributed by atoms with Crippen molar-refractivity contribution >= 4 is 34.6 Å². The molecule has 1 aliphatic heterocycles. The Morgan fingerprint density at radius 1 is 1.32 bits per heavy atom. The fraction of sp³-hybridized carbons (Fsp3) is 0.579. The van der Waals surface area contributed by atoms with E-state index in [-0.39, 0.29) is 5.92 Å². The maximum Gasteiger partial charge on any atom is 0.298 e. The Hall–Kier alpha value is -1.75. The minimum atomic E-state index is 0.289. The molecule has 4 rings (SSSR count). The van der Waals surface area contributed by atoms with Crippen molar-refractivity contribution in [1.29, 1.82) is 0 Å². The number of benzene rings is 1. The average Bonchev–Trinajstić information content (AvgIpc) is 2.96. The van der Waals surface area contributed by atoms with Gasteiger partial charge in [-0.3, -0.25) is 4.79 Å². The van der Waals surface area contributed by atoms with Crippen LogP contribution in [0.2, 0.25) is 5.02 Å². The van der Waals surface area contributed by atoms with E-state index < -0.39 is 0 Å². The van der Waals surface area contributed by atoms with E-state index in [1.165, 1.54) is 6.42 Å². The summed E-state index contributed by atoms with van der Waals surface area (Å²) < 4.78 is 5.86. The maximum absolute atomic E-state index is 12.3. The van der Waals surface area contributed by atoms with E-state index in [2.05, 4.69) is 9.88 Å². The zero-order chi connectivity index (χ0) is 17.4. The number of amides is 1. The van der Waals surface area contributed by atoms with Crippen molar-refractivity contribution in [2.45, 2.75) is 32.1 Å². The number of anilines is 1. The monoisotopic (exact) mass is 361 g/mol. The van der Waals surface area contributed by atoms with Crippen LogP contribution in [0.1, 0.15) is 32.1 Å². The van der Waals surface area contributed by atoms with Crippen molar-refractivity contribution in [3.05, 3.63) is 23.2 Å². The molecule has 134 valence electrons. The fourth-order valence-corrected chi connectivity index (χ4v) is 3.94. The van der Waals surface area contributed by atoms with Gasteiger partial charge in [0.25, 0.3) is 6.01 Å². The quantitative estimate of drug-likeness (QED) is 0.827. The molecule has 2 heterocycles. The first-order chi connectivity index (χ1) is 12.1. The number of carbonyl (C=O) groups excluding carboxylic acids is 1. The highest BCUT2D eigenvalue weighted by atomic mass is 35.5. The summed E-state index contributed by atoms with van der Waals surface area (Å²) in [5.74, 6) is 1.19. The number of hydrogen-bond donors (Lipinski definition) is 0. The van der Waals surface area contributed by atoms with Gasteiger partial charge in [0.05, 0.1) is 0 Å². The largest absolute Gasteiger partial charge is 0.423 e. The SMILES string of the molecule is CN(CC1CCN(c2nc3cc(Cl)ccc3o2)CC1)C(=O)C1CCC1. The van der Waals surface area contributed by atoms with Gasteiger partial charge in [0.15, 0.2) is 5.58 Å². The summed E-state index contributed by atoms with van der Waals surface area (Å²) in [6.07, 6.45) is 5.47. The Morgan fingerprint density at radius 3 is 2.76 bits per heavy atom. The Bertz CT molecular complexity index is 763. The van der Waals surface area contributed by atoms with Crippen LogP contribution in [0.3, 0.4) is 0 Å². The lowest BCUT2D eigenvalue weighted by Crippen LogP contribution is -2.42. The second kappa shape index (κ2) is 6.87. The van der Waals surface area contributed by atoms with E-state index in [0.717, 1.165) is 56.4 Å². The Labute approximate surface area is 152 Å². The van der Waals surface area contributed by atoms with E-state index in [0.29, 0.717) is 22.9 Å². The van der Waals surface area contributed by atoms with Crippen LogP contribution in [0.25, 0.3) is 11.1 Å². The third-order valence-electron chi connectivity index (χ3n) is 5.59. The molecule has 0 N–H and O–H groups in total. The molecule has 6 heteroatoms. The van der Waals surface area contributed by atoms with E-state index in [4.69, 9.17) is 16.0 Å². The van der Waals surface area contributed by atoms with Crippen molar-refractivity contribution in [1.82, 2.24) is 9.88 Å². The lowest BCUT2D eigenvalue weighted by Gasteiger charge is -2.35. The van der Waals surface area contributed by atoms with E-state index in [1.54, 1.807) is 0 Å². The molecule has 1 aliphatic carbocycles. The summed E-state index contributed by atoms with van der Waals surface area (Å²) in [6, 6.07) is 6.19. The number of oxazole rings is 1. The van der Waals surface area contributed by atoms with Crippen LogP contribution < -0.4 is 4.90 Å². The first kappa shape index (κ1) is 16.7. The number of nitrogens with zero attached hydrogens (tertiary/aromatic N) is 3. The molecule has 25 heavy (non-hydrogen) atoms. The van der Waals surface area contributed by atoms with Crippen molar-refractivity contribution in [3.63, 3.8) is 0 Å². The summed E-state index contributed by atoms with van der Waals surface area (Å²) in [7, 11) is 1.96. The second-order valence-corrected chi connectivity index (χ2v) is 7.82. The van der Waals surface area contributed by atoms with Crippen molar-refractivity contribution in [3.8, 4) is 0 Å². The highest BCUT2D eigenvalue weighted by Gasteiger charge is 2.30. The van der Waals surface area contributed by atoms with Crippen LogP contribution in [0.15, 0.2) is 22.6 Å². The summed E-state index contributed by atoms with van der Waals surface area (Å²) in [4.78, 5) is 21.0. The van der Waals surface area contributed by atoms with Crippen LogP contribution in [-0.4, -0.2) is 42.5 Å². The molecule has 0 spiro atoms. The number of rotatable bonds is 4. The van der Waals surface area contributed by atoms with Gasteiger partial charge < -0.3 is 14.2 Å². The lowest BCUT2D eigenvalue weighted by atomic mass is 9.84. The number of hydrogen-bond acceptors (Lipinski definition) is 4. The molecule has 2 fully saturated rings. The first-order valence-electron chi connectivity index (χ1n) is 9.16. The smallest absolute Gasteiger partial charge is 0.298 e. The van der Waals surface area contributed by atoms with Gasteiger partial charge in [-0.25, -0.2) is 0 Å². The van der Waals surface area contributed by atoms with Gasteiger partial charge in [-0.1, -0.05) is 18.0 Å². The third kappa shape index (κ3) is 3.47. The van der Waals surface area contributed by atoms with Gasteiger partial charge in [0.2, 0.25) is 5.91 Å². The number of fused-ring (bicyclic) bond motifs is 1. The molecule has 2 aromatic rings. The van der Waals surface area contributed by atoms with Gasteiger partial charge in [-0.15, -0.1) is 0 Å². The molecule has 5 nitrogen and oxygen atoms in total. The predicted molar refractivity (Wildman–Crippen MR) is 98.9 cm³/mol. The highest BCUT2D eigenvalue weighted by molar-refractivity contribution is 6.31. The van der Waals surface area contributed by atoms with Crippen molar-refractivity contribution in [2.24, 2.45) is 11.8 Å². The van der Waals surface area contributed by atoms with Crippen LogP contribution in [0, 0.1) is 11.8 Å². The van der Waals surface area contributed by atoms with Crippen LogP contribution in [-0.2, 0) is 4.79 Å². The fourth-order valence-electron chi connectivity index (χ4n) is 3.77. The van der Waals surface area contributed by atoms with Gasteiger partial charge in [0, 0.05) is 37.6 Å². The minimum absolute atomic E-state index is 0.289. The summed E-state index contributed by atoms with van der Waals surface area (Å²) in [5.41, 5.74) is 1.57. The Balaban J connectivity index is 1.33. The molecule has 0 bridgehead atoms. The molecular formula is C19H24ClN3O2. The van der Waals surface area contributed by atoms with Gasteiger partial charge in [-0.2, -0.15) is 4.98 Å². The van der Waals surface area contributed by atoms with Crippen molar-refractivity contribution in [2.75, 3.05) is 31.6 Å². The molecule has 0 radical (unpaired) electrons. The van der Waals surface area contributed by atoms with Crippen LogP contribution >= 0.6 is 11.6 Å². The molecule has 1 saturated carbocycles. The van der Waals surface area contributed by atoms with E-state index in [1.807, 2.05) is 30.1 Å². The normalized spacial score (nSPS) is 19.2. The number of carbonyl (C=O) groups is 1. The van der Waals surface area contributed by atoms with Gasteiger partial charge in [0.1, 0.15) is 5.52 Å². The molecule has 1 aromatic heterocycles. The molecule has 0 unspecified atom stereocenters. The number of piperidine rings is 1. The van der Waals surface area contributed by atoms with Crippen molar-refractivity contribution < 1.29 is 9.21 Å². The minimum Gasteiger partial charge on any atom is -0.423 e. The summed E-state index contributed by atoms with van der Waals surface area (Å²) in [5, 5.41) is 0.672. The molecular weight excluding hydrogens is 338 g/mol. The van der Waals surface area contributed by atoms with Gasteiger partial charge >= 0.3 is 0 Å². The molecule has 0 atom stereocenters. The zero-order valence-electron chi connectivity index (χ0n) is 14.6. The topological polar surface area (TPSA) is 49.6 Å². The van der Waals surface area contributed by atoms with Crippen LogP contribution in [0.4, 0.5) is 6.01 Å². The van der Waals surface area contributed by atoms with Gasteiger partial charge in [-0.05, 0) is 49.8 Å². The summed E-state index contributed by atoms with van der Waals surface area (Å²) >= 11 is 6.02. The average molecular weight is 362 g/mol. The Morgan fingerprint density at radius 2 is 2.08 bits per heavy atom. The van der Waals surface area contributed by atoms with Crippen LogP contribution in [0.5, 0.6) is 0 Å². The zero-order valence-corrected chi connectivity index (χ0v) is 15.3. The number of halogens is 1. The number of aromatic nitrogens is 1. The molecule has 1 amide bonds. The second-order valence-electron chi connectivity index (χ2n) is 7.39. The molecule has 1 saturated heterocycles. The predicted octanol–water partition coefficient (Wildman–Crippen LogP) is 3.96. The Kier molecular flexibility index (Phi) is 4.59. The molecule has 2 aliphatic rings. The highest BCUT2D eigenvalue weighted by Crippen LogP contribution is 2.30. The molecule has 1 aromatic carbocycles. The standard InChI is InChI=1S/C19H24ClN3O2/c1-22(18(24)14-3-2-4-14)12-13-7-9-23(10-8-13)19-21-16-11-15(20)5-6-17(16)25-19/h5-6,11,13-14H,2-4,7-10,12H2,1H3. The van der Waals surface area contributed by atoms with E-state index in [9.17, 15) is 4.79 Å².